The molecule has 0 bridgehead atoms. The molecule has 0 radical (unpaired) electrons. The number of carbonyl (C=O) groups is 1. The number of thioether (sulfide) groups is 1. The minimum absolute atomic E-state index is 0.0633. The second-order valence-electron chi connectivity index (χ2n) is 6.82. The molecule has 0 aliphatic carbocycles. The molecule has 2 fully saturated rings. The Bertz CT molecular complexity index is 1020. The van der Waals surface area contributed by atoms with Crippen LogP contribution in [0.1, 0.15) is 5.56 Å². The predicted octanol–water partition coefficient (Wildman–Crippen LogP) is 2.54. The van der Waals surface area contributed by atoms with Crippen LogP contribution in [0.3, 0.4) is 0 Å². The highest BCUT2D eigenvalue weighted by atomic mass is 32.2. The molecule has 2 aromatic rings. The summed E-state index contributed by atoms with van der Waals surface area (Å²) >= 11 is 1.37. The summed E-state index contributed by atoms with van der Waals surface area (Å²) in [4.78, 5) is 18.8. The van der Waals surface area contributed by atoms with E-state index in [0.717, 1.165) is 11.3 Å². The molecule has 0 aromatic heterocycles. The van der Waals surface area contributed by atoms with E-state index >= 15 is 0 Å². The zero-order chi connectivity index (χ0) is 19.7. The topological polar surface area (TPSA) is 76.0 Å². The number of hydrogen-bond donors (Lipinski definition) is 0. The van der Waals surface area contributed by atoms with Crippen molar-refractivity contribution in [3.05, 3.63) is 60.2 Å². The van der Waals surface area contributed by atoms with E-state index in [4.69, 9.17) is 4.74 Å². The first-order chi connectivity index (χ1) is 13.4. The third kappa shape index (κ3) is 3.93. The maximum atomic E-state index is 12.5. The Morgan fingerprint density at radius 3 is 2.71 bits per heavy atom. The Hall–Kier alpha value is -2.32. The fraction of sp³-hybridized carbons (Fsp3) is 0.300. The average molecular weight is 417 g/mol. The summed E-state index contributed by atoms with van der Waals surface area (Å²) in [5.74, 6) is 0.592. The van der Waals surface area contributed by atoms with Gasteiger partial charge in [-0.3, -0.25) is 4.79 Å². The molecule has 2 aliphatic heterocycles. The first-order valence-corrected chi connectivity index (χ1v) is 11.6. The fourth-order valence-electron chi connectivity index (χ4n) is 3.54. The molecule has 28 heavy (non-hydrogen) atoms. The van der Waals surface area contributed by atoms with Crippen molar-refractivity contribution >= 4 is 38.4 Å². The van der Waals surface area contributed by atoms with E-state index in [2.05, 4.69) is 4.99 Å². The van der Waals surface area contributed by atoms with Crippen molar-refractivity contribution in [3.63, 3.8) is 0 Å². The molecule has 6 nitrogen and oxygen atoms in total. The number of benzene rings is 2. The van der Waals surface area contributed by atoms with Gasteiger partial charge in [0, 0.05) is 17.0 Å². The molecule has 2 aliphatic rings. The lowest BCUT2D eigenvalue weighted by atomic mass is 10.1. The summed E-state index contributed by atoms with van der Waals surface area (Å²) in [5.41, 5.74) is 1.68. The van der Waals surface area contributed by atoms with Crippen molar-refractivity contribution in [1.29, 1.82) is 0 Å². The maximum absolute atomic E-state index is 12.5. The highest BCUT2D eigenvalue weighted by Crippen LogP contribution is 2.41. The van der Waals surface area contributed by atoms with Gasteiger partial charge >= 0.3 is 0 Å². The number of fused-ring (bicyclic) bond motifs is 1. The minimum atomic E-state index is -3.10. The van der Waals surface area contributed by atoms with E-state index in [9.17, 15) is 13.2 Å². The average Bonchev–Trinajstić information content (AvgIpc) is 3.13. The van der Waals surface area contributed by atoms with Gasteiger partial charge in [-0.05, 0) is 17.7 Å². The van der Waals surface area contributed by atoms with E-state index < -0.39 is 9.84 Å². The third-order valence-electron chi connectivity index (χ3n) is 4.82. The Morgan fingerprint density at radius 1 is 1.18 bits per heavy atom. The molecule has 8 heteroatoms. The second-order valence-corrected chi connectivity index (χ2v) is 10.2. The summed E-state index contributed by atoms with van der Waals surface area (Å²) < 4.78 is 29.6. The van der Waals surface area contributed by atoms with Crippen LogP contribution in [0.5, 0.6) is 5.75 Å². The van der Waals surface area contributed by atoms with E-state index in [1.54, 1.807) is 7.11 Å². The number of methoxy groups -OCH3 is 1. The smallest absolute Gasteiger partial charge is 0.252 e. The third-order valence-corrected chi connectivity index (χ3v) is 8.03. The number of carbonyl (C=O) groups excluding carboxylic acids is 1. The summed E-state index contributed by atoms with van der Waals surface area (Å²) in [6.45, 7) is 0. The first kappa shape index (κ1) is 19.0. The Kier molecular flexibility index (Phi) is 5.16. The molecule has 146 valence electrons. The quantitative estimate of drug-likeness (QED) is 0.762. The molecule has 2 saturated heterocycles. The maximum Gasteiger partial charge on any atom is 0.252 e. The van der Waals surface area contributed by atoms with Gasteiger partial charge in [-0.15, -0.1) is 0 Å². The van der Waals surface area contributed by atoms with Gasteiger partial charge < -0.3 is 9.64 Å². The first-order valence-electron chi connectivity index (χ1n) is 8.91. The summed E-state index contributed by atoms with van der Waals surface area (Å²) in [7, 11) is -1.51. The lowest BCUT2D eigenvalue weighted by molar-refractivity contribution is -0.117. The lowest BCUT2D eigenvalue weighted by Gasteiger charge is -2.24. The molecule has 0 N–H and O–H groups in total. The highest BCUT2D eigenvalue weighted by molar-refractivity contribution is 8.16. The Morgan fingerprint density at radius 2 is 1.96 bits per heavy atom. The van der Waals surface area contributed by atoms with Crippen LogP contribution in [0, 0.1) is 0 Å². The monoisotopic (exact) mass is 416 g/mol. The number of rotatable bonds is 4. The zero-order valence-corrected chi connectivity index (χ0v) is 16.9. The van der Waals surface area contributed by atoms with Gasteiger partial charge in [0.1, 0.15) is 5.75 Å². The molecule has 2 heterocycles. The van der Waals surface area contributed by atoms with Crippen molar-refractivity contribution in [2.75, 3.05) is 23.5 Å². The van der Waals surface area contributed by atoms with Gasteiger partial charge in [-0.1, -0.05) is 48.2 Å². The number of aliphatic imine (C=N–C) groups is 1. The molecule has 0 unspecified atom stereocenters. The summed E-state index contributed by atoms with van der Waals surface area (Å²) in [6.07, 6.45) is 0.213. The molecule has 0 saturated carbocycles. The summed E-state index contributed by atoms with van der Waals surface area (Å²) in [5, 5.41) is 0.429. The van der Waals surface area contributed by atoms with Crippen LogP contribution in [0.2, 0.25) is 0 Å². The SMILES string of the molecule is COc1cccc(N2C(=NC(=O)Cc3ccccc3)S[C@H]3CS(=O)(=O)C[C@H]32)c1. The van der Waals surface area contributed by atoms with Crippen LogP contribution in [0.4, 0.5) is 5.69 Å². The van der Waals surface area contributed by atoms with Crippen LogP contribution in [-0.2, 0) is 21.1 Å². The molecule has 4 rings (SSSR count). The largest absolute Gasteiger partial charge is 0.497 e. The number of nitrogens with zero attached hydrogens (tertiary/aromatic N) is 2. The zero-order valence-electron chi connectivity index (χ0n) is 15.3. The van der Waals surface area contributed by atoms with Crippen LogP contribution in [0.25, 0.3) is 0 Å². The van der Waals surface area contributed by atoms with Crippen LogP contribution < -0.4 is 9.64 Å². The van der Waals surface area contributed by atoms with Crippen molar-refractivity contribution in [2.45, 2.75) is 17.7 Å². The van der Waals surface area contributed by atoms with E-state index in [1.807, 2.05) is 59.5 Å². The number of anilines is 1. The van der Waals surface area contributed by atoms with E-state index in [1.165, 1.54) is 11.8 Å². The number of amides is 1. The van der Waals surface area contributed by atoms with Gasteiger partial charge in [0.2, 0.25) is 0 Å². The van der Waals surface area contributed by atoms with Crippen molar-refractivity contribution in [1.82, 2.24) is 0 Å². The Labute approximate surface area is 168 Å². The second kappa shape index (κ2) is 7.60. The summed E-state index contributed by atoms with van der Waals surface area (Å²) in [6, 6.07) is 16.6. The molecular weight excluding hydrogens is 396 g/mol. The molecule has 1 amide bonds. The molecule has 2 aromatic carbocycles. The van der Waals surface area contributed by atoms with Gasteiger partial charge in [-0.25, -0.2) is 8.42 Å². The van der Waals surface area contributed by atoms with E-state index in [-0.39, 0.29) is 35.1 Å². The van der Waals surface area contributed by atoms with Crippen molar-refractivity contribution in [2.24, 2.45) is 4.99 Å². The fourth-order valence-corrected chi connectivity index (χ4v) is 7.47. The van der Waals surface area contributed by atoms with Gasteiger partial charge in [0.15, 0.2) is 15.0 Å². The normalized spacial score (nSPS) is 24.3. The number of sulfone groups is 1. The predicted molar refractivity (Wildman–Crippen MR) is 112 cm³/mol. The molecule has 0 spiro atoms. The minimum Gasteiger partial charge on any atom is -0.497 e. The number of hydrogen-bond acceptors (Lipinski definition) is 5. The van der Waals surface area contributed by atoms with Crippen molar-refractivity contribution in [3.8, 4) is 5.75 Å². The lowest BCUT2D eigenvalue weighted by Crippen LogP contribution is -2.37. The van der Waals surface area contributed by atoms with Gasteiger partial charge in [0.05, 0.1) is 31.1 Å². The van der Waals surface area contributed by atoms with Crippen LogP contribution in [0.15, 0.2) is 59.6 Å². The van der Waals surface area contributed by atoms with Gasteiger partial charge in [0.25, 0.3) is 5.91 Å². The number of ether oxygens (including phenoxy) is 1. The molecule has 2 atom stereocenters. The standard InChI is InChI=1S/C20H20N2O4S2/c1-26-16-9-5-8-15(11-16)22-17-12-28(24,25)13-18(17)27-20(22)21-19(23)10-14-6-3-2-4-7-14/h2-9,11,17-18H,10,12-13H2,1H3/t17-,18+/m1/s1. The number of amidine groups is 1. The highest BCUT2D eigenvalue weighted by Gasteiger charge is 2.49. The Balaban J connectivity index is 1.66. The van der Waals surface area contributed by atoms with Crippen LogP contribution >= 0.6 is 11.8 Å². The van der Waals surface area contributed by atoms with Crippen LogP contribution in [-0.4, -0.2) is 49.4 Å². The van der Waals surface area contributed by atoms with Crippen molar-refractivity contribution < 1.29 is 17.9 Å². The molecular formula is C20H20N2O4S2. The van der Waals surface area contributed by atoms with E-state index in [0.29, 0.717) is 10.9 Å². The van der Waals surface area contributed by atoms with Gasteiger partial charge in [-0.2, -0.15) is 4.99 Å².